The molecule has 0 fully saturated rings. The summed E-state index contributed by atoms with van der Waals surface area (Å²) in [6.07, 6.45) is 2.83. The molecule has 3 nitrogen and oxygen atoms in total. The summed E-state index contributed by atoms with van der Waals surface area (Å²) in [5.74, 6) is 0. The number of methoxy groups -OCH3 is 1. The van der Waals surface area contributed by atoms with Gasteiger partial charge < -0.3 is 10.1 Å². The molecular formula is C16H20N2O. The summed E-state index contributed by atoms with van der Waals surface area (Å²) >= 11 is 0. The Morgan fingerprint density at radius 3 is 2.58 bits per heavy atom. The average Bonchev–Trinajstić information content (AvgIpc) is 2.49. The number of nitrogens with zero attached hydrogens (tertiary/aromatic N) is 1. The van der Waals surface area contributed by atoms with Crippen LogP contribution in [-0.2, 0) is 4.74 Å². The highest BCUT2D eigenvalue weighted by molar-refractivity contribution is 5.27. The van der Waals surface area contributed by atoms with Crippen molar-refractivity contribution in [3.63, 3.8) is 0 Å². The van der Waals surface area contributed by atoms with Gasteiger partial charge in [0.1, 0.15) is 0 Å². The number of rotatable bonds is 7. The maximum absolute atomic E-state index is 5.08. The summed E-state index contributed by atoms with van der Waals surface area (Å²) in [4.78, 5) is 4.46. The van der Waals surface area contributed by atoms with E-state index < -0.39 is 0 Å². The van der Waals surface area contributed by atoms with E-state index in [1.807, 2.05) is 24.4 Å². The van der Waals surface area contributed by atoms with Crippen LogP contribution in [0.5, 0.6) is 0 Å². The third-order valence-electron chi connectivity index (χ3n) is 2.99. The number of benzene rings is 1. The van der Waals surface area contributed by atoms with Gasteiger partial charge >= 0.3 is 0 Å². The molecule has 1 heterocycles. The molecule has 100 valence electrons. The number of pyridine rings is 1. The molecule has 0 aliphatic carbocycles. The smallest absolute Gasteiger partial charge is 0.0751 e. The lowest BCUT2D eigenvalue weighted by Gasteiger charge is -2.18. The first kappa shape index (κ1) is 13.7. The van der Waals surface area contributed by atoms with Crippen LogP contribution in [-0.4, -0.2) is 25.2 Å². The monoisotopic (exact) mass is 256 g/mol. The normalized spacial score (nSPS) is 12.3. The summed E-state index contributed by atoms with van der Waals surface area (Å²) in [5, 5.41) is 3.54. The van der Waals surface area contributed by atoms with Crippen molar-refractivity contribution in [2.24, 2.45) is 0 Å². The van der Waals surface area contributed by atoms with Crippen molar-refractivity contribution in [1.82, 2.24) is 10.3 Å². The van der Waals surface area contributed by atoms with Gasteiger partial charge in [-0.3, -0.25) is 4.98 Å². The molecule has 2 rings (SSSR count). The lowest BCUT2D eigenvalue weighted by molar-refractivity contribution is 0.193. The third-order valence-corrected chi connectivity index (χ3v) is 2.99. The molecule has 2 aromatic rings. The standard InChI is InChI=1S/C16H20N2O/c1-19-13-7-12-18-16(14-8-3-2-4-9-14)15-10-5-6-11-17-15/h2-6,8-11,16,18H,7,12-13H2,1H3. The molecule has 19 heavy (non-hydrogen) atoms. The maximum Gasteiger partial charge on any atom is 0.0751 e. The highest BCUT2D eigenvalue weighted by atomic mass is 16.5. The largest absolute Gasteiger partial charge is 0.385 e. The van der Waals surface area contributed by atoms with Crippen molar-refractivity contribution in [2.45, 2.75) is 12.5 Å². The highest BCUT2D eigenvalue weighted by Crippen LogP contribution is 2.19. The molecule has 0 aliphatic heterocycles. The SMILES string of the molecule is COCCCNC(c1ccccc1)c1ccccn1. The van der Waals surface area contributed by atoms with Gasteiger partial charge in [-0.25, -0.2) is 0 Å². The quantitative estimate of drug-likeness (QED) is 0.773. The second-order valence-corrected chi connectivity index (χ2v) is 4.40. The Morgan fingerprint density at radius 1 is 1.11 bits per heavy atom. The van der Waals surface area contributed by atoms with E-state index in [2.05, 4.69) is 40.6 Å². The van der Waals surface area contributed by atoms with Crippen molar-refractivity contribution in [3.8, 4) is 0 Å². The molecule has 0 radical (unpaired) electrons. The molecule has 0 saturated carbocycles. The zero-order chi connectivity index (χ0) is 13.3. The predicted molar refractivity (Wildman–Crippen MR) is 77.0 cm³/mol. The molecule has 0 saturated heterocycles. The predicted octanol–water partition coefficient (Wildman–Crippen LogP) is 2.80. The average molecular weight is 256 g/mol. The van der Waals surface area contributed by atoms with Gasteiger partial charge in [-0.15, -0.1) is 0 Å². The van der Waals surface area contributed by atoms with Crippen LogP contribution in [0.25, 0.3) is 0 Å². The number of hydrogen-bond donors (Lipinski definition) is 1. The Balaban J connectivity index is 2.10. The van der Waals surface area contributed by atoms with Gasteiger partial charge in [-0.1, -0.05) is 36.4 Å². The first-order chi connectivity index (χ1) is 9.42. The Labute approximate surface area is 114 Å². The van der Waals surface area contributed by atoms with E-state index >= 15 is 0 Å². The van der Waals surface area contributed by atoms with Gasteiger partial charge in [0.15, 0.2) is 0 Å². The number of aromatic nitrogens is 1. The van der Waals surface area contributed by atoms with Crippen LogP contribution in [0, 0.1) is 0 Å². The van der Waals surface area contributed by atoms with E-state index in [1.165, 1.54) is 5.56 Å². The molecule has 1 aromatic carbocycles. The second-order valence-electron chi connectivity index (χ2n) is 4.40. The summed E-state index contributed by atoms with van der Waals surface area (Å²) < 4.78 is 5.08. The fraction of sp³-hybridized carbons (Fsp3) is 0.312. The fourth-order valence-electron chi connectivity index (χ4n) is 2.05. The minimum absolute atomic E-state index is 0.138. The topological polar surface area (TPSA) is 34.1 Å². The van der Waals surface area contributed by atoms with E-state index in [1.54, 1.807) is 7.11 Å². The molecule has 0 aliphatic rings. The van der Waals surface area contributed by atoms with Crippen molar-refractivity contribution in [3.05, 3.63) is 66.0 Å². The summed E-state index contributed by atoms with van der Waals surface area (Å²) in [5.41, 5.74) is 2.28. The van der Waals surface area contributed by atoms with Gasteiger partial charge in [-0.2, -0.15) is 0 Å². The third kappa shape index (κ3) is 4.16. The highest BCUT2D eigenvalue weighted by Gasteiger charge is 2.13. The molecule has 0 bridgehead atoms. The fourth-order valence-corrected chi connectivity index (χ4v) is 2.05. The zero-order valence-electron chi connectivity index (χ0n) is 11.3. The van der Waals surface area contributed by atoms with Gasteiger partial charge in [0.05, 0.1) is 11.7 Å². The van der Waals surface area contributed by atoms with Crippen LogP contribution in [0.1, 0.15) is 23.7 Å². The molecule has 0 amide bonds. The second kappa shape index (κ2) is 7.67. The molecule has 3 heteroatoms. The molecule has 1 N–H and O–H groups in total. The van der Waals surface area contributed by atoms with Crippen LogP contribution in [0.2, 0.25) is 0 Å². The minimum Gasteiger partial charge on any atom is -0.385 e. The first-order valence-corrected chi connectivity index (χ1v) is 6.60. The van der Waals surface area contributed by atoms with Crippen molar-refractivity contribution >= 4 is 0 Å². The lowest BCUT2D eigenvalue weighted by atomic mass is 10.0. The lowest BCUT2D eigenvalue weighted by Crippen LogP contribution is -2.25. The Hall–Kier alpha value is -1.71. The van der Waals surface area contributed by atoms with E-state index in [0.29, 0.717) is 0 Å². The van der Waals surface area contributed by atoms with Gasteiger partial charge in [0.25, 0.3) is 0 Å². The van der Waals surface area contributed by atoms with E-state index in [9.17, 15) is 0 Å². The van der Waals surface area contributed by atoms with Gasteiger partial charge in [0, 0.05) is 19.9 Å². The molecule has 1 atom stereocenters. The van der Waals surface area contributed by atoms with Crippen LogP contribution < -0.4 is 5.32 Å². The minimum atomic E-state index is 0.138. The molecule has 0 spiro atoms. The maximum atomic E-state index is 5.08. The van der Waals surface area contributed by atoms with Crippen LogP contribution in [0.15, 0.2) is 54.7 Å². The van der Waals surface area contributed by atoms with Gasteiger partial charge in [0.2, 0.25) is 0 Å². The van der Waals surface area contributed by atoms with Crippen molar-refractivity contribution in [2.75, 3.05) is 20.3 Å². The number of ether oxygens (including phenoxy) is 1. The number of nitrogens with one attached hydrogen (secondary N) is 1. The van der Waals surface area contributed by atoms with Crippen LogP contribution in [0.4, 0.5) is 0 Å². The van der Waals surface area contributed by atoms with Crippen molar-refractivity contribution < 1.29 is 4.74 Å². The van der Waals surface area contributed by atoms with Crippen LogP contribution >= 0.6 is 0 Å². The van der Waals surface area contributed by atoms with Gasteiger partial charge in [-0.05, 0) is 30.7 Å². The van der Waals surface area contributed by atoms with E-state index in [-0.39, 0.29) is 6.04 Å². The Kier molecular flexibility index (Phi) is 5.53. The first-order valence-electron chi connectivity index (χ1n) is 6.60. The Bertz CT molecular complexity index is 419. The van der Waals surface area contributed by atoms with E-state index in [4.69, 9.17) is 4.74 Å². The molecule has 1 aromatic heterocycles. The van der Waals surface area contributed by atoms with Crippen molar-refractivity contribution in [1.29, 1.82) is 0 Å². The van der Waals surface area contributed by atoms with E-state index in [0.717, 1.165) is 25.3 Å². The number of hydrogen-bond acceptors (Lipinski definition) is 3. The Morgan fingerprint density at radius 2 is 1.89 bits per heavy atom. The summed E-state index contributed by atoms with van der Waals surface area (Å²) in [6, 6.07) is 16.6. The molecule has 1 unspecified atom stereocenters. The summed E-state index contributed by atoms with van der Waals surface area (Å²) in [7, 11) is 1.73. The zero-order valence-corrected chi connectivity index (χ0v) is 11.3. The summed E-state index contributed by atoms with van der Waals surface area (Å²) in [6.45, 7) is 1.68. The molecular weight excluding hydrogens is 236 g/mol. The van der Waals surface area contributed by atoms with Crippen LogP contribution in [0.3, 0.4) is 0 Å².